The number of carboxylic acids is 1. The monoisotopic (exact) mass is 593 g/mol. The van der Waals surface area contributed by atoms with Gasteiger partial charge in [-0.3, -0.25) is 19.4 Å². The van der Waals surface area contributed by atoms with Crippen molar-refractivity contribution in [2.45, 2.75) is 89.8 Å². The number of hydrogen-bond acceptors (Lipinski definition) is 10. The number of ketones is 1. The Bertz CT molecular complexity index is 1550. The van der Waals surface area contributed by atoms with Crippen LogP contribution in [-0.2, 0) is 22.4 Å². The number of amides is 1. The molecule has 43 heavy (non-hydrogen) atoms. The minimum Gasteiger partial charge on any atom is -0.480 e. The molecule has 13 heteroatoms. The Kier molecular flexibility index (Phi) is 9.26. The molecule has 1 aliphatic heterocycles. The number of aromatic amines is 1. The fraction of sp³-hybridized carbons (Fsp3) is 0.500. The van der Waals surface area contributed by atoms with Crippen molar-refractivity contribution in [3.05, 3.63) is 57.6 Å². The van der Waals surface area contributed by atoms with Crippen LogP contribution in [0.25, 0.3) is 11.2 Å². The lowest BCUT2D eigenvalue weighted by Crippen LogP contribution is -2.59. The number of nitrogens with one attached hydrogen (secondary N) is 2. The third-order valence-corrected chi connectivity index (χ3v) is 7.93. The lowest BCUT2D eigenvalue weighted by atomic mass is 9.73. The molecule has 6 N–H and O–H groups in total. The number of piperidine rings is 1. The van der Waals surface area contributed by atoms with Gasteiger partial charge in [0, 0.05) is 29.5 Å². The summed E-state index contributed by atoms with van der Waals surface area (Å²) in [5.74, 6) is -1.77. The number of benzene rings is 1. The number of H-pyrrole nitrogens is 1. The molecule has 1 amide bonds. The van der Waals surface area contributed by atoms with Crippen LogP contribution in [0.2, 0.25) is 0 Å². The third kappa shape index (κ3) is 7.79. The highest BCUT2D eigenvalue weighted by Gasteiger charge is 2.45. The summed E-state index contributed by atoms with van der Waals surface area (Å²) < 4.78 is 0. The van der Waals surface area contributed by atoms with Gasteiger partial charge in [0.05, 0.1) is 11.9 Å². The number of carbonyl (C=O) groups excluding carboxylic acids is 2. The van der Waals surface area contributed by atoms with Crippen molar-refractivity contribution in [1.82, 2.24) is 30.3 Å². The molecule has 0 aliphatic carbocycles. The van der Waals surface area contributed by atoms with E-state index in [2.05, 4.69) is 25.3 Å². The van der Waals surface area contributed by atoms with E-state index in [1.807, 2.05) is 27.7 Å². The number of aliphatic carboxylic acids is 1. The lowest BCUT2D eigenvalue weighted by molar-refractivity contribution is -0.251. The standard InChI is InChI=1S/C30H39N7O6/c1-29(2)14-18(15-30(3,4)37(29)43)13-21(38)11-12-22(27(41)42)34-25(39)19-8-5-17(6-9-19)7-10-20-16-32-24-23(33-20)26(40)36-28(31)35-24/h5-6,8-9,16,18,22,43H,7,10-15H2,1-4H3,(H,34,39)(H,41,42)(H3,31,32,35,36,40). The largest absolute Gasteiger partial charge is 0.480 e. The Labute approximate surface area is 248 Å². The van der Waals surface area contributed by atoms with Crippen molar-refractivity contribution >= 4 is 34.8 Å². The number of fused-ring (bicyclic) bond motifs is 1. The van der Waals surface area contributed by atoms with E-state index < -0.39 is 34.6 Å². The van der Waals surface area contributed by atoms with Crippen molar-refractivity contribution in [1.29, 1.82) is 0 Å². The maximum Gasteiger partial charge on any atom is 0.326 e. The number of aromatic nitrogens is 4. The molecular formula is C30H39N7O6. The molecule has 4 rings (SSSR count). The smallest absolute Gasteiger partial charge is 0.326 e. The number of carboxylic acid groups (broad SMARTS) is 1. The van der Waals surface area contributed by atoms with Crippen molar-refractivity contribution in [3.8, 4) is 0 Å². The zero-order chi connectivity index (χ0) is 31.5. The average Bonchev–Trinajstić information content (AvgIpc) is 2.92. The number of nitrogen functional groups attached to an aromatic ring is 1. The van der Waals surface area contributed by atoms with Crippen LogP contribution in [0.3, 0.4) is 0 Å². The van der Waals surface area contributed by atoms with E-state index in [9.17, 15) is 29.5 Å². The lowest BCUT2D eigenvalue weighted by Gasteiger charge is -2.51. The maximum atomic E-state index is 12.8. The molecule has 2 aromatic heterocycles. The summed E-state index contributed by atoms with van der Waals surface area (Å²) in [4.78, 5) is 64.4. The molecule has 0 radical (unpaired) electrons. The first-order valence-electron chi connectivity index (χ1n) is 14.3. The summed E-state index contributed by atoms with van der Waals surface area (Å²) in [6, 6.07) is 5.53. The van der Waals surface area contributed by atoms with Crippen LogP contribution in [0.4, 0.5) is 5.95 Å². The van der Waals surface area contributed by atoms with E-state index in [4.69, 9.17) is 5.73 Å². The fourth-order valence-corrected chi connectivity index (χ4v) is 6.04. The van der Waals surface area contributed by atoms with E-state index in [1.165, 1.54) is 11.3 Å². The second-order valence-electron chi connectivity index (χ2n) is 12.5. The van der Waals surface area contributed by atoms with Gasteiger partial charge in [0.15, 0.2) is 11.2 Å². The normalized spacial score (nSPS) is 17.4. The molecule has 13 nitrogen and oxygen atoms in total. The molecule has 0 saturated carbocycles. The number of rotatable bonds is 11. The molecule has 0 bridgehead atoms. The summed E-state index contributed by atoms with van der Waals surface area (Å²) in [5.41, 5.74) is 6.19. The maximum absolute atomic E-state index is 12.8. The number of Topliss-reactive ketones (excluding diaryl/α,β-unsaturated/α-hetero) is 1. The number of nitrogens with zero attached hydrogens (tertiary/aromatic N) is 4. The molecule has 3 aromatic rings. The summed E-state index contributed by atoms with van der Waals surface area (Å²) >= 11 is 0. The van der Waals surface area contributed by atoms with Crippen LogP contribution >= 0.6 is 0 Å². The SMILES string of the molecule is CC1(C)CC(CC(=O)CCC(NC(=O)c2ccc(CCc3cnc4nc(N)[nH]c(=O)c4n3)cc2)C(=O)O)CC(C)(C)N1O. The van der Waals surface area contributed by atoms with Crippen molar-refractivity contribution in [2.75, 3.05) is 5.73 Å². The van der Waals surface area contributed by atoms with Gasteiger partial charge in [0.25, 0.3) is 11.5 Å². The number of nitrogens with two attached hydrogens (primary N) is 1. The van der Waals surface area contributed by atoms with Gasteiger partial charge in [-0.05, 0) is 83.4 Å². The Morgan fingerprint density at radius 3 is 2.37 bits per heavy atom. The first-order chi connectivity index (χ1) is 20.1. The Balaban J connectivity index is 1.29. The van der Waals surface area contributed by atoms with E-state index in [1.54, 1.807) is 24.3 Å². The number of anilines is 1. The Morgan fingerprint density at radius 1 is 1.09 bits per heavy atom. The predicted octanol–water partition coefficient (Wildman–Crippen LogP) is 2.66. The van der Waals surface area contributed by atoms with E-state index in [0.29, 0.717) is 43.4 Å². The zero-order valence-electron chi connectivity index (χ0n) is 24.9. The fourth-order valence-electron chi connectivity index (χ4n) is 6.04. The Hall–Kier alpha value is -4.23. The van der Waals surface area contributed by atoms with E-state index in [-0.39, 0.29) is 41.7 Å². The quantitative estimate of drug-likeness (QED) is 0.218. The number of aryl methyl sites for hydroxylation is 2. The van der Waals surface area contributed by atoms with Gasteiger partial charge in [-0.15, -0.1) is 0 Å². The van der Waals surface area contributed by atoms with Gasteiger partial charge in [0.2, 0.25) is 5.95 Å². The van der Waals surface area contributed by atoms with E-state index in [0.717, 1.165) is 5.56 Å². The molecule has 230 valence electrons. The minimum absolute atomic E-state index is 0.0125. The van der Waals surface area contributed by atoms with Crippen molar-refractivity contribution < 1.29 is 24.7 Å². The van der Waals surface area contributed by atoms with Gasteiger partial charge in [-0.25, -0.2) is 14.8 Å². The molecule has 1 atom stereocenters. The third-order valence-electron chi connectivity index (χ3n) is 7.93. The highest BCUT2D eigenvalue weighted by Crippen LogP contribution is 2.41. The Morgan fingerprint density at radius 2 is 1.74 bits per heavy atom. The van der Waals surface area contributed by atoms with Crippen LogP contribution in [0.1, 0.15) is 81.4 Å². The van der Waals surface area contributed by atoms with Gasteiger partial charge in [0.1, 0.15) is 11.8 Å². The number of carbonyl (C=O) groups is 3. The predicted molar refractivity (Wildman–Crippen MR) is 158 cm³/mol. The van der Waals surface area contributed by atoms with Gasteiger partial charge in [-0.1, -0.05) is 12.1 Å². The molecule has 1 unspecified atom stereocenters. The first kappa shape index (κ1) is 31.7. The highest BCUT2D eigenvalue weighted by molar-refractivity contribution is 5.96. The first-order valence-corrected chi connectivity index (χ1v) is 14.3. The minimum atomic E-state index is -1.21. The van der Waals surface area contributed by atoms with Gasteiger partial charge < -0.3 is 21.4 Å². The summed E-state index contributed by atoms with van der Waals surface area (Å²) in [5, 5.41) is 24.1. The molecule has 3 heterocycles. The zero-order valence-corrected chi connectivity index (χ0v) is 24.9. The topological polar surface area (TPSA) is 204 Å². The average molecular weight is 594 g/mol. The van der Waals surface area contributed by atoms with Crippen LogP contribution in [0.5, 0.6) is 0 Å². The van der Waals surface area contributed by atoms with Gasteiger partial charge >= 0.3 is 5.97 Å². The summed E-state index contributed by atoms with van der Waals surface area (Å²) in [6.45, 7) is 7.75. The molecule has 1 aliphatic rings. The van der Waals surface area contributed by atoms with E-state index >= 15 is 0 Å². The van der Waals surface area contributed by atoms with Crippen LogP contribution in [-0.4, -0.2) is 70.1 Å². The van der Waals surface area contributed by atoms with Crippen LogP contribution < -0.4 is 16.6 Å². The van der Waals surface area contributed by atoms with Crippen molar-refractivity contribution in [2.24, 2.45) is 5.92 Å². The van der Waals surface area contributed by atoms with Crippen LogP contribution in [0.15, 0.2) is 35.3 Å². The molecule has 1 saturated heterocycles. The summed E-state index contributed by atoms with van der Waals surface area (Å²) in [6.07, 6.45) is 4.20. The second-order valence-corrected chi connectivity index (χ2v) is 12.5. The molecule has 0 spiro atoms. The number of hydroxylamine groups is 2. The molecular weight excluding hydrogens is 554 g/mol. The second kappa shape index (κ2) is 12.6. The number of hydrogen-bond donors (Lipinski definition) is 5. The van der Waals surface area contributed by atoms with Crippen molar-refractivity contribution in [3.63, 3.8) is 0 Å². The molecule has 1 fully saturated rings. The van der Waals surface area contributed by atoms with Crippen LogP contribution in [0, 0.1) is 5.92 Å². The van der Waals surface area contributed by atoms with Gasteiger partial charge in [-0.2, -0.15) is 10.0 Å². The summed E-state index contributed by atoms with van der Waals surface area (Å²) in [7, 11) is 0. The highest BCUT2D eigenvalue weighted by atomic mass is 16.5. The molecule has 1 aromatic carbocycles.